The third kappa shape index (κ3) is 4.38. The molecule has 2 aromatic rings. The van der Waals surface area contributed by atoms with E-state index in [1.165, 1.54) is 43.4 Å². The smallest absolute Gasteiger partial charge is 0.0537 e. The molecular formula is C28H33ClN2. The highest BCUT2D eigenvalue weighted by atomic mass is 35.5. The van der Waals surface area contributed by atoms with E-state index in [2.05, 4.69) is 49.1 Å². The second-order valence-corrected chi connectivity index (χ2v) is 9.90. The Hall–Kier alpha value is -1.90. The first-order valence-electron chi connectivity index (χ1n) is 12.0. The Morgan fingerprint density at radius 3 is 2.68 bits per heavy atom. The van der Waals surface area contributed by atoms with Crippen LogP contribution in [-0.4, -0.2) is 29.7 Å². The van der Waals surface area contributed by atoms with Gasteiger partial charge in [-0.1, -0.05) is 54.9 Å². The average molecular weight is 433 g/mol. The summed E-state index contributed by atoms with van der Waals surface area (Å²) in [5.74, 6) is 0.833. The fourth-order valence-corrected chi connectivity index (χ4v) is 5.62. The normalized spacial score (nSPS) is 22.5. The lowest BCUT2D eigenvalue weighted by atomic mass is 9.83. The SMILES string of the molecule is CCC(=NC1=C(C)CCN(C2CCc3cccc(C4CC4)c3C2)C1)c1ccccc1Cl. The minimum Gasteiger partial charge on any atom is -0.294 e. The molecule has 31 heavy (non-hydrogen) atoms. The first kappa shape index (κ1) is 21.0. The van der Waals surface area contributed by atoms with Gasteiger partial charge in [-0.25, -0.2) is 0 Å². The monoisotopic (exact) mass is 432 g/mol. The van der Waals surface area contributed by atoms with Gasteiger partial charge in [0, 0.05) is 35.4 Å². The maximum atomic E-state index is 6.49. The molecule has 1 heterocycles. The molecule has 2 aliphatic carbocycles. The van der Waals surface area contributed by atoms with Crippen molar-refractivity contribution in [3.63, 3.8) is 0 Å². The summed E-state index contributed by atoms with van der Waals surface area (Å²) in [6, 6.07) is 15.8. The number of hydrogen-bond donors (Lipinski definition) is 0. The third-order valence-corrected chi connectivity index (χ3v) is 7.77. The minimum atomic E-state index is 0.635. The quantitative estimate of drug-likeness (QED) is 0.466. The van der Waals surface area contributed by atoms with Gasteiger partial charge in [-0.2, -0.15) is 0 Å². The van der Waals surface area contributed by atoms with Gasteiger partial charge in [0.2, 0.25) is 0 Å². The third-order valence-electron chi connectivity index (χ3n) is 7.44. The zero-order valence-corrected chi connectivity index (χ0v) is 19.6. The Kier molecular flexibility index (Phi) is 6.03. The van der Waals surface area contributed by atoms with E-state index in [0.29, 0.717) is 6.04 Å². The number of aryl methyl sites for hydroxylation is 1. The maximum Gasteiger partial charge on any atom is 0.0537 e. The Bertz CT molecular complexity index is 1030. The molecule has 1 saturated carbocycles. The van der Waals surface area contributed by atoms with Crippen molar-refractivity contribution in [1.82, 2.24) is 4.90 Å². The summed E-state index contributed by atoms with van der Waals surface area (Å²) in [4.78, 5) is 7.89. The Labute approximate surface area is 192 Å². The van der Waals surface area contributed by atoms with Crippen LogP contribution in [0.4, 0.5) is 0 Å². The van der Waals surface area contributed by atoms with Crippen LogP contribution in [0.5, 0.6) is 0 Å². The van der Waals surface area contributed by atoms with Crippen LogP contribution in [0.2, 0.25) is 5.02 Å². The molecule has 3 heteroatoms. The molecule has 1 unspecified atom stereocenters. The molecule has 2 nitrogen and oxygen atoms in total. The fourth-order valence-electron chi connectivity index (χ4n) is 5.38. The highest BCUT2D eigenvalue weighted by Crippen LogP contribution is 2.44. The Balaban J connectivity index is 1.37. The van der Waals surface area contributed by atoms with Crippen LogP contribution in [0, 0.1) is 0 Å². The van der Waals surface area contributed by atoms with Crippen molar-refractivity contribution in [1.29, 1.82) is 0 Å². The summed E-state index contributed by atoms with van der Waals surface area (Å²) in [6.45, 7) is 6.56. The largest absolute Gasteiger partial charge is 0.294 e. The second-order valence-electron chi connectivity index (χ2n) is 9.50. The summed E-state index contributed by atoms with van der Waals surface area (Å²) in [7, 11) is 0. The van der Waals surface area contributed by atoms with Crippen LogP contribution < -0.4 is 0 Å². The molecule has 2 aromatic carbocycles. The van der Waals surface area contributed by atoms with Crippen molar-refractivity contribution >= 4 is 17.3 Å². The van der Waals surface area contributed by atoms with Gasteiger partial charge in [-0.15, -0.1) is 0 Å². The predicted octanol–water partition coefficient (Wildman–Crippen LogP) is 6.95. The van der Waals surface area contributed by atoms with Crippen molar-refractivity contribution in [2.24, 2.45) is 4.99 Å². The van der Waals surface area contributed by atoms with Crippen molar-refractivity contribution < 1.29 is 0 Å². The zero-order valence-electron chi connectivity index (χ0n) is 18.8. The van der Waals surface area contributed by atoms with Gasteiger partial charge in [-0.3, -0.25) is 9.89 Å². The van der Waals surface area contributed by atoms with E-state index in [1.54, 1.807) is 16.7 Å². The molecular weight excluding hydrogens is 400 g/mol. The molecule has 162 valence electrons. The average Bonchev–Trinajstić information content (AvgIpc) is 3.64. The summed E-state index contributed by atoms with van der Waals surface area (Å²) in [6.07, 6.45) is 8.47. The van der Waals surface area contributed by atoms with Gasteiger partial charge in [0.05, 0.1) is 5.70 Å². The number of fused-ring (bicyclic) bond motifs is 1. The molecule has 1 aliphatic heterocycles. The molecule has 0 N–H and O–H groups in total. The number of rotatable bonds is 5. The van der Waals surface area contributed by atoms with Gasteiger partial charge in [-0.05, 0) is 86.1 Å². The molecule has 3 aliphatic rings. The van der Waals surface area contributed by atoms with Crippen LogP contribution in [0.3, 0.4) is 0 Å². The van der Waals surface area contributed by atoms with Gasteiger partial charge in [0.25, 0.3) is 0 Å². The second kappa shape index (κ2) is 8.92. The lowest BCUT2D eigenvalue weighted by Crippen LogP contribution is -2.43. The van der Waals surface area contributed by atoms with Crippen molar-refractivity contribution in [2.45, 2.75) is 70.8 Å². The molecule has 1 atom stereocenters. The highest BCUT2D eigenvalue weighted by molar-refractivity contribution is 6.34. The van der Waals surface area contributed by atoms with E-state index >= 15 is 0 Å². The number of benzene rings is 2. The van der Waals surface area contributed by atoms with Gasteiger partial charge in [0.1, 0.15) is 0 Å². The van der Waals surface area contributed by atoms with E-state index < -0.39 is 0 Å². The highest BCUT2D eigenvalue weighted by Gasteiger charge is 2.32. The summed E-state index contributed by atoms with van der Waals surface area (Å²) in [5, 5.41) is 0.797. The standard InChI is InChI=1S/C28H33ClN2/c1-3-27(24-8-4-5-10-26(24)29)30-28-18-31(16-15-19(28)2)22-14-13-20-7-6-9-23(21-11-12-21)25(20)17-22/h4-10,21-22H,3,11-18H2,1-2H3. The molecule has 5 rings (SSSR count). The van der Waals surface area contributed by atoms with Gasteiger partial charge >= 0.3 is 0 Å². The lowest BCUT2D eigenvalue weighted by Gasteiger charge is -2.38. The number of nitrogens with zero attached hydrogens (tertiary/aromatic N) is 2. The number of aliphatic imine (C=N–C) groups is 1. The first-order chi connectivity index (χ1) is 15.1. The molecule has 0 amide bonds. The molecule has 0 spiro atoms. The molecule has 0 bridgehead atoms. The van der Waals surface area contributed by atoms with E-state index in [9.17, 15) is 0 Å². The topological polar surface area (TPSA) is 15.6 Å². The number of hydrogen-bond acceptors (Lipinski definition) is 2. The Morgan fingerprint density at radius 2 is 1.90 bits per heavy atom. The zero-order chi connectivity index (χ0) is 21.4. The maximum absolute atomic E-state index is 6.49. The molecule has 0 aromatic heterocycles. The van der Waals surface area contributed by atoms with E-state index in [1.807, 2.05) is 12.1 Å². The van der Waals surface area contributed by atoms with Crippen LogP contribution >= 0.6 is 11.6 Å². The van der Waals surface area contributed by atoms with Crippen LogP contribution in [0.15, 0.2) is 58.7 Å². The summed E-state index contributed by atoms with van der Waals surface area (Å²) >= 11 is 6.49. The fraction of sp³-hybridized carbons (Fsp3) is 0.464. The molecule has 0 saturated heterocycles. The lowest BCUT2D eigenvalue weighted by molar-refractivity contribution is 0.186. The minimum absolute atomic E-state index is 0.635. The van der Waals surface area contributed by atoms with Gasteiger partial charge < -0.3 is 0 Å². The van der Waals surface area contributed by atoms with Crippen LogP contribution in [0.25, 0.3) is 0 Å². The van der Waals surface area contributed by atoms with Gasteiger partial charge in [0.15, 0.2) is 0 Å². The Morgan fingerprint density at radius 1 is 1.06 bits per heavy atom. The predicted molar refractivity (Wildman–Crippen MR) is 131 cm³/mol. The molecule has 1 fully saturated rings. The van der Waals surface area contributed by atoms with E-state index in [-0.39, 0.29) is 0 Å². The summed E-state index contributed by atoms with van der Waals surface area (Å²) in [5.41, 5.74) is 9.79. The van der Waals surface area contributed by atoms with Crippen LogP contribution in [-0.2, 0) is 12.8 Å². The first-order valence-corrected chi connectivity index (χ1v) is 12.4. The number of halogens is 1. The van der Waals surface area contributed by atoms with Crippen LogP contribution in [0.1, 0.15) is 74.1 Å². The van der Waals surface area contributed by atoms with Crippen molar-refractivity contribution in [3.8, 4) is 0 Å². The summed E-state index contributed by atoms with van der Waals surface area (Å²) < 4.78 is 0. The van der Waals surface area contributed by atoms with Crippen molar-refractivity contribution in [3.05, 3.63) is 81.0 Å². The van der Waals surface area contributed by atoms with E-state index in [0.717, 1.165) is 48.1 Å². The van der Waals surface area contributed by atoms with Crippen molar-refractivity contribution in [2.75, 3.05) is 13.1 Å². The molecule has 0 radical (unpaired) electrons. The van der Waals surface area contributed by atoms with E-state index in [4.69, 9.17) is 16.6 Å².